The zero-order valence-electron chi connectivity index (χ0n) is 17.0. The van der Waals surface area contributed by atoms with Crippen molar-refractivity contribution in [2.75, 3.05) is 20.6 Å². The van der Waals surface area contributed by atoms with Crippen LogP contribution >= 0.6 is 0 Å². The molecule has 3 rings (SSSR count). The first-order valence-electron chi connectivity index (χ1n) is 10.7. The number of carbonyl (C=O) groups is 1. The predicted molar refractivity (Wildman–Crippen MR) is 111 cm³/mol. The molecule has 0 aromatic heterocycles. The highest BCUT2D eigenvalue weighted by atomic mass is 16.6. The van der Waals surface area contributed by atoms with E-state index < -0.39 is 0 Å². The predicted octanol–water partition coefficient (Wildman–Crippen LogP) is 5.31. The summed E-state index contributed by atoms with van der Waals surface area (Å²) in [4.78, 5) is 15.1. The van der Waals surface area contributed by atoms with E-state index >= 15 is 0 Å². The van der Waals surface area contributed by atoms with Crippen LogP contribution in [0.15, 0.2) is 36.4 Å². The third-order valence-corrected chi connectivity index (χ3v) is 6.44. The Morgan fingerprint density at radius 1 is 1.07 bits per heavy atom. The van der Waals surface area contributed by atoms with E-state index in [9.17, 15) is 4.79 Å². The van der Waals surface area contributed by atoms with Gasteiger partial charge in [0.25, 0.3) is 0 Å². The van der Waals surface area contributed by atoms with E-state index in [0.717, 1.165) is 18.5 Å². The fraction of sp³-hybridized carbons (Fsp3) is 0.625. The maximum atomic E-state index is 12.8. The first kappa shape index (κ1) is 20.1. The van der Waals surface area contributed by atoms with Crippen LogP contribution in [0.25, 0.3) is 6.08 Å². The van der Waals surface area contributed by atoms with Crippen LogP contribution in [0.3, 0.4) is 0 Å². The molecule has 0 N–H and O–H groups in total. The van der Waals surface area contributed by atoms with Crippen LogP contribution in [0.4, 0.5) is 0 Å². The normalized spacial score (nSPS) is 27.1. The maximum absolute atomic E-state index is 12.8. The fourth-order valence-corrected chi connectivity index (χ4v) is 5.22. The van der Waals surface area contributed by atoms with Gasteiger partial charge in [-0.3, -0.25) is 0 Å². The minimum Gasteiger partial charge on any atom is -0.455 e. The van der Waals surface area contributed by atoms with Gasteiger partial charge in [0.1, 0.15) is 5.60 Å². The standard InChI is InChI=1S/C24H35NO2/c1-25(2)19-22-15-9-10-18-24(22,21-13-7-4-8-14-21)27-23(26)17-16-20-11-5-3-6-12-20/h3,5-6,11-12,16-17,21-22H,4,7-10,13-15,18-19H2,1-2H3/b17-16+. The van der Waals surface area contributed by atoms with Gasteiger partial charge >= 0.3 is 5.97 Å². The number of rotatable bonds is 6. The van der Waals surface area contributed by atoms with Crippen LogP contribution < -0.4 is 0 Å². The Bertz CT molecular complexity index is 619. The second kappa shape index (κ2) is 9.54. The molecule has 3 heteroatoms. The molecule has 0 saturated heterocycles. The van der Waals surface area contributed by atoms with Crippen molar-refractivity contribution >= 4 is 12.0 Å². The van der Waals surface area contributed by atoms with E-state index in [-0.39, 0.29) is 11.6 Å². The zero-order chi connectivity index (χ0) is 19.1. The summed E-state index contributed by atoms with van der Waals surface area (Å²) in [6.07, 6.45) is 14.4. The number of carbonyl (C=O) groups excluding carboxylic acids is 1. The number of hydrogen-bond acceptors (Lipinski definition) is 3. The van der Waals surface area contributed by atoms with Crippen LogP contribution in [0, 0.1) is 11.8 Å². The topological polar surface area (TPSA) is 29.5 Å². The van der Waals surface area contributed by atoms with Crippen LogP contribution in [-0.2, 0) is 9.53 Å². The van der Waals surface area contributed by atoms with E-state index in [1.54, 1.807) is 6.08 Å². The van der Waals surface area contributed by atoms with Crippen LogP contribution in [0.1, 0.15) is 63.4 Å². The van der Waals surface area contributed by atoms with Gasteiger partial charge in [-0.25, -0.2) is 4.79 Å². The Morgan fingerprint density at radius 3 is 2.48 bits per heavy atom. The second-order valence-electron chi connectivity index (χ2n) is 8.66. The van der Waals surface area contributed by atoms with Gasteiger partial charge in [0.15, 0.2) is 0 Å². The highest BCUT2D eigenvalue weighted by molar-refractivity contribution is 5.87. The summed E-state index contributed by atoms with van der Waals surface area (Å²) in [6.45, 7) is 1.01. The van der Waals surface area contributed by atoms with Crippen molar-refractivity contribution < 1.29 is 9.53 Å². The summed E-state index contributed by atoms with van der Waals surface area (Å²) in [5.74, 6) is 0.791. The summed E-state index contributed by atoms with van der Waals surface area (Å²) in [6, 6.07) is 9.99. The van der Waals surface area contributed by atoms with E-state index in [1.807, 2.05) is 36.4 Å². The van der Waals surface area contributed by atoms with Crippen molar-refractivity contribution in [3.05, 3.63) is 42.0 Å². The molecule has 0 radical (unpaired) electrons. The minimum atomic E-state index is -0.277. The van der Waals surface area contributed by atoms with Gasteiger partial charge in [-0.05, 0) is 63.8 Å². The van der Waals surface area contributed by atoms with Crippen molar-refractivity contribution in [1.82, 2.24) is 4.90 Å². The van der Waals surface area contributed by atoms with Gasteiger partial charge in [0.05, 0.1) is 0 Å². The molecule has 148 valence electrons. The summed E-state index contributed by atoms with van der Waals surface area (Å²) in [5.41, 5.74) is 0.760. The molecule has 2 atom stereocenters. The lowest BCUT2D eigenvalue weighted by molar-refractivity contribution is -0.180. The smallest absolute Gasteiger partial charge is 0.331 e. The molecule has 0 amide bonds. The Balaban J connectivity index is 1.80. The summed E-state index contributed by atoms with van der Waals surface area (Å²) in [5, 5.41) is 0. The van der Waals surface area contributed by atoms with Gasteiger partial charge in [-0.1, -0.05) is 56.0 Å². The Hall–Kier alpha value is -1.61. The SMILES string of the molecule is CN(C)CC1CCCCC1(OC(=O)/C=C/c1ccccc1)C1CCCCC1. The third-order valence-electron chi connectivity index (χ3n) is 6.44. The molecule has 2 saturated carbocycles. The Morgan fingerprint density at radius 2 is 1.78 bits per heavy atom. The minimum absolute atomic E-state index is 0.171. The molecule has 1 aromatic rings. The van der Waals surface area contributed by atoms with E-state index in [0.29, 0.717) is 11.8 Å². The highest BCUT2D eigenvalue weighted by Gasteiger charge is 2.49. The Labute approximate surface area is 164 Å². The zero-order valence-corrected chi connectivity index (χ0v) is 17.0. The highest BCUT2D eigenvalue weighted by Crippen LogP contribution is 2.47. The molecule has 2 fully saturated rings. The molecule has 0 spiro atoms. The van der Waals surface area contributed by atoms with Crippen molar-refractivity contribution in [2.45, 2.75) is 63.4 Å². The number of ether oxygens (including phenoxy) is 1. The second-order valence-corrected chi connectivity index (χ2v) is 8.66. The third kappa shape index (κ3) is 5.22. The average Bonchev–Trinajstić information content (AvgIpc) is 2.69. The van der Waals surface area contributed by atoms with E-state index in [2.05, 4.69) is 19.0 Å². The number of benzene rings is 1. The van der Waals surface area contributed by atoms with Crippen molar-refractivity contribution in [3.63, 3.8) is 0 Å². The molecule has 3 nitrogen and oxygen atoms in total. The summed E-state index contributed by atoms with van der Waals surface area (Å²) in [7, 11) is 4.27. The molecule has 2 aliphatic carbocycles. The first-order valence-corrected chi connectivity index (χ1v) is 10.7. The van der Waals surface area contributed by atoms with Crippen LogP contribution in [0.5, 0.6) is 0 Å². The number of hydrogen-bond donors (Lipinski definition) is 0. The fourth-order valence-electron chi connectivity index (χ4n) is 5.22. The largest absolute Gasteiger partial charge is 0.455 e. The summed E-state index contributed by atoms with van der Waals surface area (Å²) < 4.78 is 6.40. The Kier molecular flexibility index (Phi) is 7.12. The van der Waals surface area contributed by atoms with Gasteiger partial charge in [-0.2, -0.15) is 0 Å². The molecule has 2 aliphatic rings. The van der Waals surface area contributed by atoms with Gasteiger partial charge in [0, 0.05) is 18.5 Å². The summed E-state index contributed by atoms with van der Waals surface area (Å²) >= 11 is 0. The first-order chi connectivity index (χ1) is 13.1. The molecule has 0 bridgehead atoms. The molecule has 0 aliphatic heterocycles. The van der Waals surface area contributed by atoms with E-state index in [4.69, 9.17) is 4.74 Å². The maximum Gasteiger partial charge on any atom is 0.331 e. The quantitative estimate of drug-likeness (QED) is 0.502. The molecular weight excluding hydrogens is 334 g/mol. The molecule has 0 heterocycles. The lowest BCUT2D eigenvalue weighted by Crippen LogP contribution is -2.54. The van der Waals surface area contributed by atoms with E-state index in [1.165, 1.54) is 51.4 Å². The van der Waals surface area contributed by atoms with Gasteiger partial charge in [0.2, 0.25) is 0 Å². The van der Waals surface area contributed by atoms with Crippen molar-refractivity contribution in [3.8, 4) is 0 Å². The lowest BCUT2D eigenvalue weighted by atomic mass is 9.64. The average molecular weight is 370 g/mol. The van der Waals surface area contributed by atoms with Gasteiger partial charge < -0.3 is 9.64 Å². The lowest BCUT2D eigenvalue weighted by Gasteiger charge is -2.50. The number of esters is 1. The van der Waals surface area contributed by atoms with Crippen molar-refractivity contribution in [2.24, 2.45) is 11.8 Å². The molecule has 2 unspecified atom stereocenters. The van der Waals surface area contributed by atoms with Crippen LogP contribution in [-0.4, -0.2) is 37.1 Å². The number of nitrogens with zero attached hydrogens (tertiary/aromatic N) is 1. The van der Waals surface area contributed by atoms with Crippen LogP contribution in [0.2, 0.25) is 0 Å². The monoisotopic (exact) mass is 369 g/mol. The molecular formula is C24H35NO2. The molecule has 1 aromatic carbocycles. The van der Waals surface area contributed by atoms with Gasteiger partial charge in [-0.15, -0.1) is 0 Å². The van der Waals surface area contributed by atoms with Crippen molar-refractivity contribution in [1.29, 1.82) is 0 Å². The molecule has 27 heavy (non-hydrogen) atoms.